The zero-order chi connectivity index (χ0) is 17.8. The maximum Gasteiger partial charge on any atom is 0.290 e. The van der Waals surface area contributed by atoms with Gasteiger partial charge in [0.25, 0.3) is 11.1 Å². The summed E-state index contributed by atoms with van der Waals surface area (Å²) in [5, 5.41) is 1.88. The van der Waals surface area contributed by atoms with Gasteiger partial charge >= 0.3 is 0 Å². The van der Waals surface area contributed by atoms with Crippen LogP contribution in [0.4, 0.5) is 10.6 Å². The van der Waals surface area contributed by atoms with Crippen molar-refractivity contribution < 1.29 is 14.4 Å². The van der Waals surface area contributed by atoms with E-state index in [1.807, 2.05) is 11.0 Å². The van der Waals surface area contributed by atoms with E-state index >= 15 is 0 Å². The van der Waals surface area contributed by atoms with E-state index in [0.717, 1.165) is 23.1 Å². The molecule has 1 aromatic rings. The normalized spacial score (nSPS) is 19.5. The smallest absolute Gasteiger partial charge is 0.290 e. The van der Waals surface area contributed by atoms with Crippen LogP contribution in [-0.4, -0.2) is 59.7 Å². The van der Waals surface area contributed by atoms with Crippen LogP contribution in [0, 0.1) is 0 Å². The predicted octanol–water partition coefficient (Wildman–Crippen LogP) is 0.403. The summed E-state index contributed by atoms with van der Waals surface area (Å²) >= 11 is 0.884. The average Bonchev–Trinajstić information content (AvgIpc) is 2.93. The van der Waals surface area contributed by atoms with Crippen molar-refractivity contribution >= 4 is 40.7 Å². The molecule has 0 unspecified atom stereocenters. The number of imide groups is 1. The zero-order valence-electron chi connectivity index (χ0n) is 13.6. The molecule has 0 spiro atoms. The van der Waals surface area contributed by atoms with Gasteiger partial charge in [-0.3, -0.25) is 19.7 Å². The minimum atomic E-state index is -0.387. The first-order chi connectivity index (χ1) is 12.1. The maximum absolute atomic E-state index is 11.9. The predicted molar refractivity (Wildman–Crippen MR) is 95.8 cm³/mol. The van der Waals surface area contributed by atoms with Crippen LogP contribution >= 0.6 is 11.8 Å². The van der Waals surface area contributed by atoms with Gasteiger partial charge in [0, 0.05) is 50.9 Å². The fraction of sp³-hybridized carbons (Fsp3) is 0.375. The van der Waals surface area contributed by atoms with Gasteiger partial charge in [0.2, 0.25) is 5.91 Å². The molecule has 0 aromatic carbocycles. The van der Waals surface area contributed by atoms with Gasteiger partial charge in [0.1, 0.15) is 5.82 Å². The van der Waals surface area contributed by atoms with Crippen molar-refractivity contribution in [2.75, 3.05) is 37.6 Å². The van der Waals surface area contributed by atoms with E-state index in [2.05, 4.69) is 15.2 Å². The highest BCUT2D eigenvalue weighted by atomic mass is 32.2. The lowest BCUT2D eigenvalue weighted by atomic mass is 10.2. The molecule has 2 saturated heterocycles. The molecule has 0 bridgehead atoms. The zero-order valence-corrected chi connectivity index (χ0v) is 14.4. The van der Waals surface area contributed by atoms with E-state index in [1.54, 1.807) is 18.3 Å². The average molecular weight is 361 g/mol. The standard InChI is InChI=1S/C16H19N5O3S/c17-4-3-13(22)20-6-8-21(9-7-20)14-11(2-1-5-18-14)10-12-15(23)19-16(24)25-12/h1-2,5,10H,3-4,6-9,17H2,(H,19,23,24). The summed E-state index contributed by atoms with van der Waals surface area (Å²) in [5.74, 6) is 0.429. The number of nitrogens with zero attached hydrogens (tertiary/aromatic N) is 3. The van der Waals surface area contributed by atoms with Crippen molar-refractivity contribution in [3.05, 3.63) is 28.8 Å². The second-order valence-electron chi connectivity index (χ2n) is 5.67. The van der Waals surface area contributed by atoms with Crippen molar-refractivity contribution in [3.8, 4) is 0 Å². The Kier molecular flexibility index (Phi) is 5.34. The first-order valence-corrected chi connectivity index (χ1v) is 8.83. The summed E-state index contributed by atoms with van der Waals surface area (Å²) < 4.78 is 0. The summed E-state index contributed by atoms with van der Waals surface area (Å²) in [6.07, 6.45) is 3.73. The van der Waals surface area contributed by atoms with E-state index in [4.69, 9.17) is 5.73 Å². The first kappa shape index (κ1) is 17.4. The molecule has 25 heavy (non-hydrogen) atoms. The second-order valence-corrected chi connectivity index (χ2v) is 6.69. The molecule has 132 valence electrons. The Morgan fingerprint density at radius 2 is 2.08 bits per heavy atom. The fourth-order valence-electron chi connectivity index (χ4n) is 2.80. The quantitative estimate of drug-likeness (QED) is 0.747. The molecule has 3 N–H and O–H groups in total. The third-order valence-corrected chi connectivity index (χ3v) is 4.85. The molecular weight excluding hydrogens is 342 g/mol. The SMILES string of the molecule is NCCC(=O)N1CCN(c2ncccc2C=C2SC(=O)NC2=O)CC1. The van der Waals surface area contributed by atoms with Crippen LogP contribution < -0.4 is 16.0 Å². The number of pyridine rings is 1. The Morgan fingerprint density at radius 3 is 2.72 bits per heavy atom. The third kappa shape index (κ3) is 3.99. The summed E-state index contributed by atoms with van der Waals surface area (Å²) in [5.41, 5.74) is 6.21. The van der Waals surface area contributed by atoms with Crippen LogP contribution in [-0.2, 0) is 9.59 Å². The van der Waals surface area contributed by atoms with E-state index in [0.29, 0.717) is 44.0 Å². The number of amides is 3. The van der Waals surface area contributed by atoms with Crippen LogP contribution in [0.3, 0.4) is 0 Å². The Bertz CT molecular complexity index is 728. The largest absolute Gasteiger partial charge is 0.353 e. The van der Waals surface area contributed by atoms with E-state index < -0.39 is 0 Å². The molecule has 9 heteroatoms. The molecule has 2 fully saturated rings. The van der Waals surface area contributed by atoms with Crippen molar-refractivity contribution in [2.24, 2.45) is 5.73 Å². The van der Waals surface area contributed by atoms with Crippen LogP contribution in [0.2, 0.25) is 0 Å². The Balaban J connectivity index is 1.74. The number of anilines is 1. The summed E-state index contributed by atoms with van der Waals surface area (Å²) in [6, 6.07) is 3.65. The highest BCUT2D eigenvalue weighted by Gasteiger charge is 2.27. The lowest BCUT2D eigenvalue weighted by Crippen LogP contribution is -2.49. The van der Waals surface area contributed by atoms with Crippen LogP contribution in [0.5, 0.6) is 0 Å². The number of thioether (sulfide) groups is 1. The highest BCUT2D eigenvalue weighted by molar-refractivity contribution is 8.18. The van der Waals surface area contributed by atoms with Crippen LogP contribution in [0.25, 0.3) is 6.08 Å². The number of aromatic nitrogens is 1. The molecular formula is C16H19N5O3S. The van der Waals surface area contributed by atoms with Crippen molar-refractivity contribution in [1.82, 2.24) is 15.2 Å². The molecule has 0 aliphatic carbocycles. The molecule has 3 amide bonds. The molecule has 0 atom stereocenters. The molecule has 1 aromatic heterocycles. The molecule has 8 nitrogen and oxygen atoms in total. The Labute approximate surface area is 149 Å². The van der Waals surface area contributed by atoms with Gasteiger partial charge in [0.05, 0.1) is 4.91 Å². The van der Waals surface area contributed by atoms with Gasteiger partial charge in [0.15, 0.2) is 0 Å². The third-order valence-electron chi connectivity index (χ3n) is 4.04. The van der Waals surface area contributed by atoms with Gasteiger partial charge in [-0.05, 0) is 30.0 Å². The number of carbonyl (C=O) groups excluding carboxylic acids is 3. The van der Waals surface area contributed by atoms with Gasteiger partial charge in [-0.25, -0.2) is 4.98 Å². The van der Waals surface area contributed by atoms with Crippen LogP contribution in [0.15, 0.2) is 23.2 Å². The van der Waals surface area contributed by atoms with Crippen molar-refractivity contribution in [3.63, 3.8) is 0 Å². The lowest BCUT2D eigenvalue weighted by molar-refractivity contribution is -0.131. The van der Waals surface area contributed by atoms with E-state index in [-0.39, 0.29) is 17.1 Å². The number of carbonyl (C=O) groups is 3. The van der Waals surface area contributed by atoms with Gasteiger partial charge in [-0.15, -0.1) is 0 Å². The number of hydrogen-bond donors (Lipinski definition) is 2. The maximum atomic E-state index is 11.9. The summed E-state index contributed by atoms with van der Waals surface area (Å²) in [4.78, 5) is 43.7. The first-order valence-electron chi connectivity index (χ1n) is 8.01. The molecule has 0 saturated carbocycles. The number of nitrogens with two attached hydrogens (primary N) is 1. The van der Waals surface area contributed by atoms with E-state index in [9.17, 15) is 14.4 Å². The molecule has 2 aliphatic heterocycles. The number of rotatable bonds is 4. The molecule has 3 heterocycles. The van der Waals surface area contributed by atoms with Gasteiger partial charge < -0.3 is 15.5 Å². The minimum absolute atomic E-state index is 0.0723. The number of piperazine rings is 1. The van der Waals surface area contributed by atoms with E-state index in [1.165, 1.54) is 0 Å². The minimum Gasteiger partial charge on any atom is -0.353 e. The van der Waals surface area contributed by atoms with Crippen molar-refractivity contribution in [1.29, 1.82) is 0 Å². The highest BCUT2D eigenvalue weighted by Crippen LogP contribution is 2.28. The topological polar surface area (TPSA) is 109 Å². The number of nitrogens with one attached hydrogen (secondary N) is 1. The summed E-state index contributed by atoms with van der Waals surface area (Å²) in [6.45, 7) is 2.89. The monoisotopic (exact) mass is 361 g/mol. The number of hydrogen-bond acceptors (Lipinski definition) is 7. The van der Waals surface area contributed by atoms with Gasteiger partial charge in [-0.1, -0.05) is 0 Å². The molecule has 3 rings (SSSR count). The van der Waals surface area contributed by atoms with Gasteiger partial charge in [-0.2, -0.15) is 0 Å². The lowest BCUT2D eigenvalue weighted by Gasteiger charge is -2.36. The molecule has 2 aliphatic rings. The second kappa shape index (κ2) is 7.66. The molecule has 0 radical (unpaired) electrons. The fourth-order valence-corrected chi connectivity index (χ4v) is 3.47. The Hall–Kier alpha value is -2.39. The Morgan fingerprint density at radius 1 is 1.32 bits per heavy atom. The summed E-state index contributed by atoms with van der Waals surface area (Å²) in [7, 11) is 0. The van der Waals surface area contributed by atoms with Crippen LogP contribution in [0.1, 0.15) is 12.0 Å². The van der Waals surface area contributed by atoms with Crippen molar-refractivity contribution in [2.45, 2.75) is 6.42 Å².